The molecular weight excluding hydrogens is 388 g/mol. The molecule has 2 aromatic carbocycles. The van der Waals surface area contributed by atoms with Crippen molar-refractivity contribution in [2.75, 3.05) is 39.7 Å². The molecule has 1 aliphatic carbocycles. The van der Waals surface area contributed by atoms with E-state index in [1.807, 2.05) is 43.3 Å². The molecule has 4 rings (SSSR count). The van der Waals surface area contributed by atoms with Gasteiger partial charge in [0.25, 0.3) is 0 Å². The van der Waals surface area contributed by atoms with Crippen molar-refractivity contribution in [1.29, 1.82) is 0 Å². The van der Waals surface area contributed by atoms with Gasteiger partial charge in [-0.1, -0.05) is 18.2 Å². The molecule has 0 aromatic heterocycles. The largest absolute Gasteiger partial charge is 0.496 e. The summed E-state index contributed by atoms with van der Waals surface area (Å²) in [6.07, 6.45) is 4.99. The van der Waals surface area contributed by atoms with E-state index < -0.39 is 0 Å². The lowest BCUT2D eigenvalue weighted by Gasteiger charge is -2.40. The second kappa shape index (κ2) is 8.39. The Morgan fingerprint density at radius 2 is 1.97 bits per heavy atom. The van der Waals surface area contributed by atoms with Crippen LogP contribution in [-0.2, 0) is 10.2 Å². The average molecular weight is 421 g/mol. The normalized spacial score (nSPS) is 23.1. The van der Waals surface area contributed by atoms with E-state index in [1.165, 1.54) is 5.56 Å². The average Bonchev–Trinajstić information content (AvgIpc) is 3.11. The lowest BCUT2D eigenvalue weighted by atomic mass is 9.68. The molecule has 5 nitrogen and oxygen atoms in total. The standard InChI is InChI=1S/C26H32N2O3/c1-18-15-20(9-10-23(18)30-5)26-12-11-22(17-24(26)28(4)14-13-26)31-25(29)19-7-6-8-21(16-19)27(2)3/h6-10,15-17,24H,11-14H2,1-5H3/t24-,26-/m0/s1. The minimum absolute atomic E-state index is 0.0481. The monoisotopic (exact) mass is 420 g/mol. The molecule has 0 saturated carbocycles. The third kappa shape index (κ3) is 3.94. The summed E-state index contributed by atoms with van der Waals surface area (Å²) in [5.74, 6) is 1.41. The maximum atomic E-state index is 12.8. The Kier molecular flexibility index (Phi) is 5.80. The number of fused-ring (bicyclic) bond motifs is 1. The fourth-order valence-corrected chi connectivity index (χ4v) is 5.07. The number of esters is 1. The number of likely N-dealkylation sites (tertiary alicyclic amines) is 1. The fraction of sp³-hybridized carbons (Fsp3) is 0.423. The van der Waals surface area contributed by atoms with Gasteiger partial charge < -0.3 is 14.4 Å². The van der Waals surface area contributed by atoms with Gasteiger partial charge in [-0.25, -0.2) is 4.79 Å². The third-order valence-electron chi connectivity index (χ3n) is 6.90. The highest BCUT2D eigenvalue weighted by atomic mass is 16.5. The number of anilines is 1. The molecule has 0 unspecified atom stereocenters. The second-order valence-corrected chi connectivity index (χ2v) is 8.98. The summed E-state index contributed by atoms with van der Waals surface area (Å²) in [5.41, 5.74) is 4.11. The van der Waals surface area contributed by atoms with Crippen molar-refractivity contribution < 1.29 is 14.3 Å². The van der Waals surface area contributed by atoms with E-state index in [0.717, 1.165) is 48.6 Å². The van der Waals surface area contributed by atoms with Gasteiger partial charge in [-0.3, -0.25) is 4.90 Å². The van der Waals surface area contributed by atoms with E-state index in [4.69, 9.17) is 9.47 Å². The molecule has 2 aliphatic rings. The number of hydrogen-bond acceptors (Lipinski definition) is 5. The maximum Gasteiger partial charge on any atom is 0.343 e. The van der Waals surface area contributed by atoms with Gasteiger partial charge in [0.15, 0.2) is 0 Å². The van der Waals surface area contributed by atoms with Crippen molar-refractivity contribution in [1.82, 2.24) is 4.90 Å². The molecule has 0 amide bonds. The summed E-state index contributed by atoms with van der Waals surface area (Å²) in [7, 11) is 7.80. The zero-order chi connectivity index (χ0) is 22.2. The summed E-state index contributed by atoms with van der Waals surface area (Å²) in [5, 5.41) is 0. The molecular formula is C26H32N2O3. The van der Waals surface area contributed by atoms with Gasteiger partial charge in [-0.05, 0) is 74.8 Å². The molecule has 1 saturated heterocycles. The molecule has 0 spiro atoms. The van der Waals surface area contributed by atoms with Gasteiger partial charge in [-0.2, -0.15) is 0 Å². The molecule has 164 valence electrons. The van der Waals surface area contributed by atoms with Gasteiger partial charge in [0.05, 0.1) is 12.7 Å². The van der Waals surface area contributed by atoms with Crippen molar-refractivity contribution in [3.63, 3.8) is 0 Å². The number of methoxy groups -OCH3 is 1. The highest BCUT2D eigenvalue weighted by Gasteiger charge is 2.48. The lowest BCUT2D eigenvalue weighted by molar-refractivity contribution is 0.0593. The van der Waals surface area contributed by atoms with Crippen molar-refractivity contribution in [3.8, 4) is 5.75 Å². The molecule has 0 radical (unpaired) electrons. The van der Waals surface area contributed by atoms with Crippen LogP contribution >= 0.6 is 0 Å². The summed E-state index contributed by atoms with van der Waals surface area (Å²) < 4.78 is 11.3. The fourth-order valence-electron chi connectivity index (χ4n) is 5.07. The van der Waals surface area contributed by atoms with Crippen molar-refractivity contribution >= 4 is 11.7 Å². The Bertz CT molecular complexity index is 1010. The van der Waals surface area contributed by atoms with Crippen LogP contribution in [0, 0.1) is 6.92 Å². The molecule has 5 heteroatoms. The first-order valence-electron chi connectivity index (χ1n) is 10.9. The minimum atomic E-state index is -0.289. The van der Waals surface area contributed by atoms with Crippen LogP contribution in [0.4, 0.5) is 5.69 Å². The number of rotatable bonds is 5. The number of ether oxygens (including phenoxy) is 2. The second-order valence-electron chi connectivity index (χ2n) is 8.98. The number of carbonyl (C=O) groups is 1. The third-order valence-corrected chi connectivity index (χ3v) is 6.90. The van der Waals surface area contributed by atoms with Crippen LogP contribution in [0.25, 0.3) is 0 Å². The van der Waals surface area contributed by atoms with Crippen LogP contribution in [0.15, 0.2) is 54.3 Å². The van der Waals surface area contributed by atoms with E-state index in [9.17, 15) is 4.79 Å². The molecule has 0 bridgehead atoms. The van der Waals surface area contributed by atoms with Crippen molar-refractivity contribution in [3.05, 3.63) is 71.0 Å². The highest BCUT2D eigenvalue weighted by molar-refractivity contribution is 5.91. The Morgan fingerprint density at radius 1 is 1.16 bits per heavy atom. The molecule has 1 fully saturated rings. The summed E-state index contributed by atoms with van der Waals surface area (Å²) in [6, 6.07) is 14.3. The van der Waals surface area contributed by atoms with Crippen LogP contribution in [-0.4, -0.2) is 51.7 Å². The Balaban J connectivity index is 1.59. The minimum Gasteiger partial charge on any atom is -0.496 e. The quantitative estimate of drug-likeness (QED) is 0.664. The van der Waals surface area contributed by atoms with E-state index in [-0.39, 0.29) is 17.4 Å². The molecule has 1 heterocycles. The Morgan fingerprint density at radius 3 is 2.68 bits per heavy atom. The van der Waals surface area contributed by atoms with E-state index in [1.54, 1.807) is 7.11 Å². The maximum absolute atomic E-state index is 12.8. The van der Waals surface area contributed by atoms with Gasteiger partial charge in [0, 0.05) is 37.7 Å². The van der Waals surface area contributed by atoms with E-state index >= 15 is 0 Å². The molecule has 2 atom stereocenters. The zero-order valence-corrected chi connectivity index (χ0v) is 19.1. The topological polar surface area (TPSA) is 42.0 Å². The van der Waals surface area contributed by atoms with Crippen molar-refractivity contribution in [2.24, 2.45) is 0 Å². The van der Waals surface area contributed by atoms with Crippen LogP contribution in [0.3, 0.4) is 0 Å². The predicted octanol–water partition coefficient (Wildman–Crippen LogP) is 4.55. The Labute approximate surface area is 185 Å². The van der Waals surface area contributed by atoms with Gasteiger partial charge in [-0.15, -0.1) is 0 Å². The highest BCUT2D eigenvalue weighted by Crippen LogP contribution is 2.48. The first-order chi connectivity index (χ1) is 14.8. The SMILES string of the molecule is COc1ccc([C@@]23CCC(OC(=O)c4cccc(N(C)C)c4)=C[C@@H]2N(C)CC3)cc1C. The Hall–Kier alpha value is -2.79. The molecule has 31 heavy (non-hydrogen) atoms. The summed E-state index contributed by atoms with van der Waals surface area (Å²) in [6.45, 7) is 3.12. The van der Waals surface area contributed by atoms with Crippen LogP contribution in [0.1, 0.15) is 40.7 Å². The number of benzene rings is 2. The summed E-state index contributed by atoms with van der Waals surface area (Å²) in [4.78, 5) is 17.2. The van der Waals surface area contributed by atoms with Gasteiger partial charge in [0.2, 0.25) is 0 Å². The number of aryl methyl sites for hydroxylation is 1. The molecule has 2 aromatic rings. The number of nitrogens with zero attached hydrogens (tertiary/aromatic N) is 2. The van der Waals surface area contributed by atoms with Crippen LogP contribution < -0.4 is 9.64 Å². The van der Waals surface area contributed by atoms with Gasteiger partial charge in [0.1, 0.15) is 11.5 Å². The first-order valence-corrected chi connectivity index (χ1v) is 10.9. The zero-order valence-electron chi connectivity index (χ0n) is 19.1. The number of carbonyl (C=O) groups excluding carboxylic acids is 1. The number of allylic oxidation sites excluding steroid dienone is 1. The smallest absolute Gasteiger partial charge is 0.343 e. The van der Waals surface area contributed by atoms with E-state index in [2.05, 4.69) is 43.1 Å². The van der Waals surface area contributed by atoms with Crippen LogP contribution in [0.5, 0.6) is 5.75 Å². The van der Waals surface area contributed by atoms with E-state index in [0.29, 0.717) is 5.56 Å². The molecule has 0 N–H and O–H groups in total. The summed E-state index contributed by atoms with van der Waals surface area (Å²) >= 11 is 0. The first kappa shape index (κ1) is 21.4. The lowest BCUT2D eigenvalue weighted by Crippen LogP contribution is -2.42. The van der Waals surface area contributed by atoms with Crippen LogP contribution in [0.2, 0.25) is 0 Å². The van der Waals surface area contributed by atoms with Crippen molar-refractivity contribution in [2.45, 2.75) is 37.6 Å². The molecule has 1 aliphatic heterocycles. The number of likely N-dealkylation sites (N-methyl/N-ethyl adjacent to an activating group) is 1. The predicted molar refractivity (Wildman–Crippen MR) is 124 cm³/mol. The van der Waals surface area contributed by atoms with Gasteiger partial charge >= 0.3 is 5.97 Å². The number of hydrogen-bond donors (Lipinski definition) is 0.